The highest BCUT2D eigenvalue weighted by atomic mass is 32.2. The number of ether oxygens (including phenoxy) is 1. The molecule has 21 heavy (non-hydrogen) atoms. The van der Waals surface area contributed by atoms with Crippen molar-refractivity contribution >= 4 is 17.7 Å². The first kappa shape index (κ1) is 16.4. The van der Waals surface area contributed by atoms with E-state index in [1.807, 2.05) is 25.7 Å². The highest BCUT2D eigenvalue weighted by Gasteiger charge is 2.45. The molecule has 3 nitrogen and oxygen atoms in total. The van der Waals surface area contributed by atoms with Crippen molar-refractivity contribution in [2.24, 2.45) is 0 Å². The number of likely N-dealkylation sites (N-methyl/N-ethyl adjacent to an activating group) is 1. The Bertz CT molecular complexity index is 491. The number of aryl methyl sites for hydroxylation is 1. The topological polar surface area (TPSA) is 38.3 Å². The molecule has 0 spiro atoms. The third kappa shape index (κ3) is 4.01. The van der Waals surface area contributed by atoms with Gasteiger partial charge >= 0.3 is 5.97 Å². The summed E-state index contributed by atoms with van der Waals surface area (Å²) in [6.07, 6.45) is 2.79. The van der Waals surface area contributed by atoms with E-state index in [2.05, 4.69) is 36.5 Å². The Labute approximate surface area is 131 Å². The van der Waals surface area contributed by atoms with E-state index in [4.69, 9.17) is 4.74 Å². The fourth-order valence-corrected chi connectivity index (χ4v) is 4.24. The van der Waals surface area contributed by atoms with Crippen LogP contribution in [0.2, 0.25) is 0 Å². The van der Waals surface area contributed by atoms with Crippen LogP contribution in [-0.2, 0) is 15.3 Å². The third-order valence-electron chi connectivity index (χ3n) is 4.18. The lowest BCUT2D eigenvalue weighted by molar-refractivity contribution is -0.150. The molecule has 0 saturated heterocycles. The zero-order valence-corrected chi connectivity index (χ0v) is 14.0. The van der Waals surface area contributed by atoms with E-state index in [0.717, 1.165) is 25.0 Å². The van der Waals surface area contributed by atoms with Crippen molar-refractivity contribution in [3.63, 3.8) is 0 Å². The van der Waals surface area contributed by atoms with Gasteiger partial charge in [-0.3, -0.25) is 4.79 Å². The van der Waals surface area contributed by atoms with Crippen LogP contribution in [0.15, 0.2) is 24.3 Å². The molecule has 1 aromatic rings. The van der Waals surface area contributed by atoms with E-state index in [1.165, 1.54) is 11.1 Å². The molecule has 0 aliphatic heterocycles. The second-order valence-corrected chi connectivity index (χ2v) is 7.01. The highest BCUT2D eigenvalue weighted by Crippen LogP contribution is 2.39. The van der Waals surface area contributed by atoms with Gasteiger partial charge in [-0.05, 0) is 45.7 Å². The minimum absolute atomic E-state index is 0.0915. The van der Waals surface area contributed by atoms with Gasteiger partial charge in [-0.1, -0.05) is 29.8 Å². The fourth-order valence-electron chi connectivity index (χ4n) is 2.94. The van der Waals surface area contributed by atoms with Crippen LogP contribution in [0.3, 0.4) is 0 Å². The normalized spacial score (nSPS) is 25.0. The Morgan fingerprint density at radius 2 is 2.33 bits per heavy atom. The minimum Gasteiger partial charge on any atom is -0.465 e. The second kappa shape index (κ2) is 7.32. The SMILES string of the molecule is CCOC(=O)C1(NC)CCC(SCc2cccc(C)c2)C1. The van der Waals surface area contributed by atoms with Gasteiger partial charge in [0.2, 0.25) is 0 Å². The number of esters is 1. The predicted octanol–water partition coefficient (Wildman–Crippen LogP) is 3.30. The van der Waals surface area contributed by atoms with Gasteiger partial charge in [-0.25, -0.2) is 0 Å². The summed E-state index contributed by atoms with van der Waals surface area (Å²) < 4.78 is 5.24. The lowest BCUT2D eigenvalue weighted by atomic mass is 9.98. The van der Waals surface area contributed by atoms with Crippen molar-refractivity contribution in [3.05, 3.63) is 35.4 Å². The number of hydrogen-bond acceptors (Lipinski definition) is 4. The van der Waals surface area contributed by atoms with Crippen molar-refractivity contribution in [1.82, 2.24) is 5.32 Å². The van der Waals surface area contributed by atoms with Gasteiger partial charge in [-0.2, -0.15) is 11.8 Å². The maximum Gasteiger partial charge on any atom is 0.326 e. The van der Waals surface area contributed by atoms with Gasteiger partial charge in [0.1, 0.15) is 5.54 Å². The van der Waals surface area contributed by atoms with Gasteiger partial charge in [0.25, 0.3) is 0 Å². The van der Waals surface area contributed by atoms with Crippen LogP contribution >= 0.6 is 11.8 Å². The molecular formula is C17H25NO2S. The van der Waals surface area contributed by atoms with Crippen molar-refractivity contribution < 1.29 is 9.53 Å². The second-order valence-electron chi connectivity index (χ2n) is 5.72. The maximum atomic E-state index is 12.2. The van der Waals surface area contributed by atoms with Crippen LogP contribution in [0.25, 0.3) is 0 Å². The molecule has 116 valence electrons. The summed E-state index contributed by atoms with van der Waals surface area (Å²) in [7, 11) is 1.87. The number of thioether (sulfide) groups is 1. The molecule has 0 heterocycles. The Morgan fingerprint density at radius 1 is 1.52 bits per heavy atom. The molecule has 2 rings (SSSR count). The summed E-state index contributed by atoms with van der Waals surface area (Å²) in [5.74, 6) is 0.917. The average molecular weight is 307 g/mol. The number of rotatable bonds is 6. The minimum atomic E-state index is -0.472. The van der Waals surface area contributed by atoms with Crippen molar-refractivity contribution in [2.45, 2.75) is 49.7 Å². The molecule has 1 saturated carbocycles. The van der Waals surface area contributed by atoms with Gasteiger partial charge in [0, 0.05) is 11.0 Å². The zero-order chi connectivity index (χ0) is 15.3. The maximum absolute atomic E-state index is 12.2. The first-order valence-electron chi connectivity index (χ1n) is 7.63. The number of hydrogen-bond donors (Lipinski definition) is 1. The molecule has 1 N–H and O–H groups in total. The fraction of sp³-hybridized carbons (Fsp3) is 0.588. The highest BCUT2D eigenvalue weighted by molar-refractivity contribution is 7.99. The monoisotopic (exact) mass is 307 g/mol. The smallest absolute Gasteiger partial charge is 0.326 e. The van der Waals surface area contributed by atoms with Crippen LogP contribution < -0.4 is 5.32 Å². The Balaban J connectivity index is 1.91. The number of carbonyl (C=O) groups is 1. The molecule has 0 aromatic heterocycles. The van der Waals surface area contributed by atoms with Gasteiger partial charge in [0.05, 0.1) is 6.61 Å². The van der Waals surface area contributed by atoms with Gasteiger partial charge in [0.15, 0.2) is 0 Å². The van der Waals surface area contributed by atoms with E-state index in [1.54, 1.807) is 0 Å². The van der Waals surface area contributed by atoms with Gasteiger partial charge < -0.3 is 10.1 Å². The third-order valence-corrected chi connectivity index (χ3v) is 5.56. The van der Waals surface area contributed by atoms with Crippen LogP contribution in [0, 0.1) is 6.92 Å². The van der Waals surface area contributed by atoms with E-state index < -0.39 is 5.54 Å². The van der Waals surface area contributed by atoms with Crippen molar-refractivity contribution in [2.75, 3.05) is 13.7 Å². The van der Waals surface area contributed by atoms with Crippen molar-refractivity contribution in [1.29, 1.82) is 0 Å². The molecule has 0 bridgehead atoms. The van der Waals surface area contributed by atoms with Crippen molar-refractivity contribution in [3.8, 4) is 0 Å². The van der Waals surface area contributed by atoms with Crippen LogP contribution in [-0.4, -0.2) is 30.4 Å². The summed E-state index contributed by atoms with van der Waals surface area (Å²) in [4.78, 5) is 12.2. The van der Waals surface area contributed by atoms with Crippen LogP contribution in [0.4, 0.5) is 0 Å². The summed E-state index contributed by atoms with van der Waals surface area (Å²) in [6, 6.07) is 8.64. The summed E-state index contributed by atoms with van der Waals surface area (Å²) in [5.41, 5.74) is 2.19. The largest absolute Gasteiger partial charge is 0.465 e. The number of benzene rings is 1. The molecule has 4 heteroatoms. The van der Waals surface area contributed by atoms with E-state index in [-0.39, 0.29) is 5.97 Å². The molecule has 2 atom stereocenters. The number of nitrogens with one attached hydrogen (secondary N) is 1. The lowest BCUT2D eigenvalue weighted by Gasteiger charge is -2.26. The molecule has 1 aromatic carbocycles. The molecule has 1 aliphatic carbocycles. The quantitative estimate of drug-likeness (QED) is 0.818. The summed E-state index contributed by atoms with van der Waals surface area (Å²) >= 11 is 1.95. The Hall–Kier alpha value is -1.00. The average Bonchev–Trinajstić information content (AvgIpc) is 2.90. The summed E-state index contributed by atoms with van der Waals surface area (Å²) in [6.45, 7) is 4.43. The molecule has 1 fully saturated rings. The van der Waals surface area contributed by atoms with Crippen LogP contribution in [0.1, 0.15) is 37.3 Å². The van der Waals surface area contributed by atoms with E-state index >= 15 is 0 Å². The van der Waals surface area contributed by atoms with Crippen LogP contribution in [0.5, 0.6) is 0 Å². The molecule has 1 aliphatic rings. The summed E-state index contributed by atoms with van der Waals surface area (Å²) in [5, 5.41) is 3.73. The Kier molecular flexibility index (Phi) is 5.71. The Morgan fingerprint density at radius 3 is 3.00 bits per heavy atom. The van der Waals surface area contributed by atoms with E-state index in [9.17, 15) is 4.79 Å². The number of carbonyl (C=O) groups excluding carboxylic acids is 1. The molecular weight excluding hydrogens is 282 g/mol. The standard InChI is InChI=1S/C17H25NO2S/c1-4-20-16(19)17(18-3)9-8-15(11-17)21-12-14-7-5-6-13(2)10-14/h5-7,10,15,18H,4,8-9,11-12H2,1-3H3. The van der Waals surface area contributed by atoms with Gasteiger partial charge in [-0.15, -0.1) is 0 Å². The zero-order valence-electron chi connectivity index (χ0n) is 13.1. The first-order chi connectivity index (χ1) is 10.1. The molecule has 2 unspecified atom stereocenters. The first-order valence-corrected chi connectivity index (χ1v) is 8.68. The lowest BCUT2D eigenvalue weighted by Crippen LogP contribution is -2.49. The molecule has 0 radical (unpaired) electrons. The molecule has 0 amide bonds. The predicted molar refractivity (Wildman–Crippen MR) is 88.5 cm³/mol. The van der Waals surface area contributed by atoms with E-state index in [0.29, 0.717) is 11.9 Å².